The van der Waals surface area contributed by atoms with Gasteiger partial charge in [-0.1, -0.05) is 61.3 Å². The van der Waals surface area contributed by atoms with Crippen LogP contribution < -0.4 is 5.84 Å². The zero-order valence-corrected chi connectivity index (χ0v) is 23.8. The van der Waals surface area contributed by atoms with Crippen LogP contribution in [0.1, 0.15) is 69.0 Å². The number of aryl methyl sites for hydroxylation is 2. The Bertz CT molecular complexity index is 1100. The molecule has 1 amide bonds. The number of carbonyl (C=O) groups is 1. The summed E-state index contributed by atoms with van der Waals surface area (Å²) in [6.07, 6.45) is 6.05. The maximum absolute atomic E-state index is 11.9. The van der Waals surface area contributed by atoms with Crippen LogP contribution in [0.4, 0.5) is 0 Å². The highest BCUT2D eigenvalue weighted by molar-refractivity contribution is 6.34. The zero-order chi connectivity index (χ0) is 28.0. The number of imidazole rings is 1. The molecule has 3 aromatic rings. The van der Waals surface area contributed by atoms with E-state index in [9.17, 15) is 4.79 Å². The molecule has 0 bridgehead atoms. The number of nitriles is 1. The van der Waals surface area contributed by atoms with Crippen molar-refractivity contribution in [3.05, 3.63) is 99.6 Å². The van der Waals surface area contributed by atoms with Crippen molar-refractivity contribution in [2.24, 2.45) is 5.84 Å². The van der Waals surface area contributed by atoms with Crippen molar-refractivity contribution in [3.63, 3.8) is 0 Å². The number of hydrazine groups is 1. The van der Waals surface area contributed by atoms with Gasteiger partial charge in [0.15, 0.2) is 0 Å². The molecule has 3 N–H and O–H groups in total. The fourth-order valence-electron chi connectivity index (χ4n) is 3.90. The molecule has 2 unspecified atom stereocenters. The fourth-order valence-corrected chi connectivity index (χ4v) is 4.53. The van der Waals surface area contributed by atoms with Gasteiger partial charge < -0.3 is 4.98 Å². The lowest BCUT2D eigenvalue weighted by Crippen LogP contribution is -2.48. The van der Waals surface area contributed by atoms with E-state index >= 15 is 0 Å². The van der Waals surface area contributed by atoms with E-state index in [0.29, 0.717) is 15.6 Å². The minimum atomic E-state index is -0.308. The number of benzene rings is 2. The summed E-state index contributed by atoms with van der Waals surface area (Å²) < 4.78 is 0. The number of H-pyrrole nitrogens is 1. The summed E-state index contributed by atoms with van der Waals surface area (Å²) in [5.74, 6) is 6.80. The predicted molar refractivity (Wildman–Crippen MR) is 153 cm³/mol. The number of carbonyl (C=O) groups excluding carboxylic acids is 1. The van der Waals surface area contributed by atoms with Crippen molar-refractivity contribution in [1.29, 1.82) is 5.26 Å². The van der Waals surface area contributed by atoms with Gasteiger partial charge in [0, 0.05) is 41.7 Å². The van der Waals surface area contributed by atoms with Crippen molar-refractivity contribution >= 4 is 29.1 Å². The molecule has 0 radical (unpaired) electrons. The van der Waals surface area contributed by atoms with E-state index in [-0.39, 0.29) is 17.9 Å². The molecular formula is C29H37Cl2N5O. The lowest BCUT2D eigenvalue weighted by Gasteiger charge is -2.34. The second-order valence-electron chi connectivity index (χ2n) is 8.43. The fraction of sp³-hybridized carbons (Fsp3) is 0.345. The van der Waals surface area contributed by atoms with Crippen molar-refractivity contribution in [1.82, 2.24) is 15.0 Å². The van der Waals surface area contributed by atoms with E-state index < -0.39 is 0 Å². The van der Waals surface area contributed by atoms with Gasteiger partial charge in [-0.15, -0.1) is 0 Å². The topological polar surface area (TPSA) is 98.8 Å². The predicted octanol–water partition coefficient (Wildman–Crippen LogP) is 7.38. The summed E-state index contributed by atoms with van der Waals surface area (Å²) in [7, 11) is 0. The molecule has 0 aliphatic rings. The van der Waals surface area contributed by atoms with E-state index in [2.05, 4.69) is 22.6 Å². The first-order valence-corrected chi connectivity index (χ1v) is 13.0. The van der Waals surface area contributed by atoms with E-state index in [4.69, 9.17) is 34.3 Å². The van der Waals surface area contributed by atoms with E-state index in [1.165, 1.54) is 11.9 Å². The summed E-state index contributed by atoms with van der Waals surface area (Å²) in [5.41, 5.74) is 3.56. The first kappa shape index (κ1) is 31.9. The Balaban J connectivity index is 0.000000519. The molecule has 198 valence electrons. The van der Waals surface area contributed by atoms with Crippen molar-refractivity contribution < 1.29 is 4.79 Å². The van der Waals surface area contributed by atoms with E-state index in [0.717, 1.165) is 41.8 Å². The number of rotatable bonds is 8. The quantitative estimate of drug-likeness (QED) is 0.134. The molecule has 0 fully saturated rings. The summed E-state index contributed by atoms with van der Waals surface area (Å²) in [4.78, 5) is 19.2. The largest absolute Gasteiger partial charge is 0.349 e. The highest BCUT2D eigenvalue weighted by atomic mass is 35.5. The van der Waals surface area contributed by atoms with Crippen LogP contribution in [0.15, 0.2) is 67.0 Å². The Labute approximate surface area is 231 Å². The molecule has 0 saturated carbocycles. The number of hydrogen-bond donors (Lipinski definition) is 2. The molecule has 2 aromatic carbocycles. The van der Waals surface area contributed by atoms with Crippen LogP contribution in [0.25, 0.3) is 0 Å². The van der Waals surface area contributed by atoms with Crippen molar-refractivity contribution in [2.75, 3.05) is 0 Å². The van der Waals surface area contributed by atoms with Gasteiger partial charge in [0.25, 0.3) is 0 Å². The van der Waals surface area contributed by atoms with Crippen molar-refractivity contribution in [2.45, 2.75) is 65.8 Å². The lowest BCUT2D eigenvalue weighted by atomic mass is 9.83. The number of amides is 1. The molecule has 0 aliphatic heterocycles. The van der Waals surface area contributed by atoms with E-state index in [1.807, 2.05) is 58.2 Å². The summed E-state index contributed by atoms with van der Waals surface area (Å²) >= 11 is 11.3. The van der Waals surface area contributed by atoms with Gasteiger partial charge in [0.1, 0.15) is 5.82 Å². The number of nitrogens with one attached hydrogen (secondary N) is 1. The average Bonchev–Trinajstić information content (AvgIpc) is 3.37. The Morgan fingerprint density at radius 1 is 1.16 bits per heavy atom. The third kappa shape index (κ3) is 10.8. The number of halogens is 2. The van der Waals surface area contributed by atoms with Crippen LogP contribution in [0.3, 0.4) is 0 Å². The summed E-state index contributed by atoms with van der Waals surface area (Å²) in [6, 6.07) is 14.7. The van der Waals surface area contributed by atoms with Gasteiger partial charge in [-0.3, -0.25) is 9.80 Å². The van der Waals surface area contributed by atoms with Crippen LogP contribution in [0, 0.1) is 18.3 Å². The summed E-state index contributed by atoms with van der Waals surface area (Å²) in [6.45, 7) is 13.3. The number of hydrogen-bond acceptors (Lipinski definition) is 4. The van der Waals surface area contributed by atoms with Crippen LogP contribution in [-0.2, 0) is 11.2 Å². The molecule has 8 heteroatoms. The van der Waals surface area contributed by atoms with Crippen LogP contribution in [0.2, 0.25) is 10.0 Å². The van der Waals surface area contributed by atoms with Crippen LogP contribution in [-0.4, -0.2) is 26.9 Å². The molecule has 37 heavy (non-hydrogen) atoms. The molecule has 3 rings (SSSR count). The van der Waals surface area contributed by atoms with Gasteiger partial charge in [-0.2, -0.15) is 5.26 Å². The monoisotopic (exact) mass is 541 g/mol. The Hall–Kier alpha value is -3.11. The third-order valence-electron chi connectivity index (χ3n) is 5.51. The first-order chi connectivity index (χ1) is 17.6. The van der Waals surface area contributed by atoms with Gasteiger partial charge in [-0.25, -0.2) is 10.8 Å². The number of nitrogens with two attached hydrogens (primary N) is 1. The third-order valence-corrected chi connectivity index (χ3v) is 5.94. The molecule has 1 aromatic heterocycles. The highest BCUT2D eigenvalue weighted by Gasteiger charge is 2.29. The molecule has 1 heterocycles. The minimum absolute atomic E-state index is 0.0101. The van der Waals surface area contributed by atoms with Crippen LogP contribution in [0.5, 0.6) is 0 Å². The maximum atomic E-state index is 11.9. The second-order valence-corrected chi connectivity index (χ2v) is 9.31. The normalized spacial score (nSPS) is 11.5. The first-order valence-electron chi connectivity index (χ1n) is 12.2. The van der Waals surface area contributed by atoms with Crippen LogP contribution >= 0.6 is 23.2 Å². The molecular weight excluding hydrogens is 505 g/mol. The highest BCUT2D eigenvalue weighted by Crippen LogP contribution is 2.32. The van der Waals surface area contributed by atoms with Gasteiger partial charge in [0.05, 0.1) is 17.7 Å². The molecule has 2 atom stereocenters. The lowest BCUT2D eigenvalue weighted by molar-refractivity contribution is -0.131. The molecule has 0 spiro atoms. The Kier molecular flexibility index (Phi) is 14.3. The molecule has 0 aliphatic carbocycles. The maximum Gasteiger partial charge on any atom is 0.233 e. The summed E-state index contributed by atoms with van der Waals surface area (Å²) in [5, 5.41) is 11.7. The Morgan fingerprint density at radius 3 is 2.19 bits per heavy atom. The minimum Gasteiger partial charge on any atom is -0.349 e. The number of nitrogens with zero attached hydrogens (tertiary/aromatic N) is 3. The average molecular weight is 543 g/mol. The van der Waals surface area contributed by atoms with Gasteiger partial charge >= 0.3 is 0 Å². The van der Waals surface area contributed by atoms with Crippen molar-refractivity contribution in [3.8, 4) is 6.07 Å². The molecule has 0 saturated heterocycles. The zero-order valence-electron chi connectivity index (χ0n) is 22.3. The van der Waals surface area contributed by atoms with Gasteiger partial charge in [0.2, 0.25) is 5.91 Å². The smallest absolute Gasteiger partial charge is 0.233 e. The SMILES string of the molecule is C=C(C)C(C(CCCc1ncc[nH]1)c1ccc(C#N)cc1)N(N)C(C)=O.CC.Cc1cc(Cl)cc(Cl)c1. The Morgan fingerprint density at radius 2 is 1.76 bits per heavy atom. The molecule has 6 nitrogen and oxygen atoms in total. The van der Waals surface area contributed by atoms with Gasteiger partial charge in [-0.05, 0) is 68.1 Å². The number of aromatic amines is 1. The van der Waals surface area contributed by atoms with E-state index in [1.54, 1.807) is 24.4 Å². The standard InChI is InChI=1S/C20H25N5O.C7H6Cl2.C2H6/c1-14(2)20(25(22)15(3)26)18(5-4-6-19-23-11-12-24-19)17-9-7-16(13-21)8-10-17;1-5-2-6(8)4-7(9)3-5;1-2/h7-12,18,20H,1,4-6,22H2,2-3H3,(H,23,24);2-4H,1H3;1-2H3. The number of aromatic nitrogens is 2. The second kappa shape index (κ2) is 16.6.